The van der Waals surface area contributed by atoms with Crippen molar-refractivity contribution in [3.8, 4) is 0 Å². The van der Waals surface area contributed by atoms with Crippen molar-refractivity contribution < 1.29 is 8.42 Å². The van der Waals surface area contributed by atoms with Crippen molar-refractivity contribution >= 4 is 10.0 Å². The third-order valence-corrected chi connectivity index (χ3v) is 5.37. The number of aromatic nitrogens is 1. The monoisotopic (exact) mass is 347 g/mol. The molecule has 1 atom stereocenters. The molecule has 0 saturated heterocycles. The van der Waals surface area contributed by atoms with Gasteiger partial charge in [-0.05, 0) is 57.0 Å². The molecule has 24 heavy (non-hydrogen) atoms. The maximum Gasteiger partial charge on any atom is 0.241 e. The molecule has 130 valence electrons. The zero-order valence-electron chi connectivity index (χ0n) is 14.6. The molecule has 0 aliphatic heterocycles. The molecule has 6 heteroatoms. The average molecular weight is 347 g/mol. The van der Waals surface area contributed by atoms with Gasteiger partial charge in [0.2, 0.25) is 10.0 Å². The van der Waals surface area contributed by atoms with E-state index in [9.17, 15) is 8.42 Å². The molecule has 0 amide bonds. The summed E-state index contributed by atoms with van der Waals surface area (Å²) in [6.07, 6.45) is 3.50. The number of sulfonamides is 1. The predicted molar refractivity (Wildman–Crippen MR) is 96.0 cm³/mol. The van der Waals surface area contributed by atoms with Crippen molar-refractivity contribution in [3.05, 3.63) is 59.9 Å². The molecule has 2 N–H and O–H groups in total. The third kappa shape index (κ3) is 5.12. The Hall–Kier alpha value is -1.76. The lowest BCUT2D eigenvalue weighted by Gasteiger charge is -2.22. The molecule has 0 fully saturated rings. The molecule has 0 aliphatic carbocycles. The molecule has 2 rings (SSSR count). The molecule has 0 aliphatic rings. The fraction of sp³-hybridized carbons (Fsp3) is 0.389. The van der Waals surface area contributed by atoms with Crippen LogP contribution in [0.1, 0.15) is 44.9 Å². The van der Waals surface area contributed by atoms with Gasteiger partial charge < -0.3 is 5.32 Å². The topological polar surface area (TPSA) is 71.1 Å². The Balaban J connectivity index is 2.18. The van der Waals surface area contributed by atoms with E-state index in [1.807, 2.05) is 52.0 Å². The molecule has 0 radical (unpaired) electrons. The maximum absolute atomic E-state index is 12.6. The van der Waals surface area contributed by atoms with Crippen molar-refractivity contribution in [2.75, 3.05) is 0 Å². The van der Waals surface area contributed by atoms with Gasteiger partial charge in [-0.3, -0.25) is 4.98 Å². The summed E-state index contributed by atoms with van der Waals surface area (Å²) in [6, 6.07) is 11.1. The quantitative estimate of drug-likeness (QED) is 0.843. The van der Waals surface area contributed by atoms with Crippen LogP contribution in [0.4, 0.5) is 0 Å². The van der Waals surface area contributed by atoms with E-state index in [0.717, 1.165) is 11.1 Å². The van der Waals surface area contributed by atoms with E-state index >= 15 is 0 Å². The van der Waals surface area contributed by atoms with Gasteiger partial charge in [-0.15, -0.1) is 0 Å². The number of pyridine rings is 1. The molecule has 0 unspecified atom stereocenters. The van der Waals surface area contributed by atoms with Crippen LogP contribution in [0.5, 0.6) is 0 Å². The van der Waals surface area contributed by atoms with Gasteiger partial charge in [0.05, 0.1) is 4.90 Å². The van der Waals surface area contributed by atoms with Gasteiger partial charge in [0, 0.05) is 30.5 Å². The summed E-state index contributed by atoms with van der Waals surface area (Å²) in [7, 11) is -3.56. The SMILES string of the molecule is C[C@H](NCc1ccccc1S(=O)(=O)NC(C)(C)C)c1ccncc1. The van der Waals surface area contributed by atoms with Gasteiger partial charge in [0.25, 0.3) is 0 Å². The van der Waals surface area contributed by atoms with Crippen LogP contribution in [0.2, 0.25) is 0 Å². The first-order chi connectivity index (χ1) is 11.2. The van der Waals surface area contributed by atoms with Crippen LogP contribution < -0.4 is 10.0 Å². The Morgan fingerprint density at radius 3 is 2.33 bits per heavy atom. The third-order valence-electron chi connectivity index (χ3n) is 3.51. The average Bonchev–Trinajstić information content (AvgIpc) is 2.51. The highest BCUT2D eigenvalue weighted by molar-refractivity contribution is 7.89. The van der Waals surface area contributed by atoms with Crippen LogP contribution in [0.15, 0.2) is 53.7 Å². The molecule has 5 nitrogen and oxygen atoms in total. The first-order valence-corrected chi connectivity index (χ1v) is 9.42. The summed E-state index contributed by atoms with van der Waals surface area (Å²) in [5.41, 5.74) is 1.33. The standard InChI is InChI=1S/C18H25N3O2S/c1-14(15-9-11-19-12-10-15)20-13-16-7-5-6-8-17(16)24(22,23)21-18(2,3)4/h5-12,14,20-21H,13H2,1-4H3/t14-/m0/s1. The van der Waals surface area contributed by atoms with Crippen molar-refractivity contribution in [1.29, 1.82) is 0 Å². The molecule has 1 aromatic heterocycles. The first kappa shape index (κ1) is 18.6. The number of hydrogen-bond donors (Lipinski definition) is 2. The molecule has 1 heterocycles. The van der Waals surface area contributed by atoms with E-state index in [1.54, 1.807) is 24.5 Å². The first-order valence-electron chi connectivity index (χ1n) is 7.94. The highest BCUT2D eigenvalue weighted by atomic mass is 32.2. The summed E-state index contributed by atoms with van der Waals surface area (Å²) in [5.74, 6) is 0. The minimum Gasteiger partial charge on any atom is -0.306 e. The minimum absolute atomic E-state index is 0.0966. The lowest BCUT2D eigenvalue weighted by molar-refractivity contribution is 0.490. The lowest BCUT2D eigenvalue weighted by Crippen LogP contribution is -2.41. The van der Waals surface area contributed by atoms with Crippen LogP contribution in [0.25, 0.3) is 0 Å². The molecule has 1 aromatic carbocycles. The molecular formula is C18H25N3O2S. The second-order valence-electron chi connectivity index (χ2n) is 6.85. The van der Waals surface area contributed by atoms with E-state index in [0.29, 0.717) is 11.4 Å². The largest absolute Gasteiger partial charge is 0.306 e. The zero-order valence-corrected chi connectivity index (χ0v) is 15.4. The van der Waals surface area contributed by atoms with Gasteiger partial charge in [0.15, 0.2) is 0 Å². The second-order valence-corrected chi connectivity index (χ2v) is 8.50. The molecule has 0 saturated carbocycles. The minimum atomic E-state index is -3.56. The molecule has 2 aromatic rings. The van der Waals surface area contributed by atoms with Crippen LogP contribution >= 0.6 is 0 Å². The van der Waals surface area contributed by atoms with Gasteiger partial charge >= 0.3 is 0 Å². The van der Waals surface area contributed by atoms with E-state index in [4.69, 9.17) is 0 Å². The van der Waals surface area contributed by atoms with Crippen molar-refractivity contribution in [2.45, 2.75) is 50.7 Å². The molecule has 0 spiro atoms. The summed E-state index contributed by atoms with van der Waals surface area (Å²) in [4.78, 5) is 4.33. The van der Waals surface area contributed by atoms with Gasteiger partial charge in [-0.25, -0.2) is 13.1 Å². The van der Waals surface area contributed by atoms with Crippen molar-refractivity contribution in [2.24, 2.45) is 0 Å². The normalized spacial score (nSPS) is 13.7. The summed E-state index contributed by atoms with van der Waals surface area (Å²) < 4.78 is 28.0. The number of rotatable bonds is 6. The fourth-order valence-electron chi connectivity index (χ4n) is 2.40. The highest BCUT2D eigenvalue weighted by Gasteiger charge is 2.24. The summed E-state index contributed by atoms with van der Waals surface area (Å²) >= 11 is 0. The summed E-state index contributed by atoms with van der Waals surface area (Å²) in [6.45, 7) is 8.00. The van der Waals surface area contributed by atoms with E-state index < -0.39 is 15.6 Å². The van der Waals surface area contributed by atoms with E-state index in [1.165, 1.54) is 0 Å². The van der Waals surface area contributed by atoms with Crippen LogP contribution in [0, 0.1) is 0 Å². The molecule has 0 bridgehead atoms. The number of hydrogen-bond acceptors (Lipinski definition) is 4. The van der Waals surface area contributed by atoms with Crippen LogP contribution in [-0.4, -0.2) is 18.9 Å². The predicted octanol–water partition coefficient (Wildman–Crippen LogP) is 3.01. The number of nitrogens with zero attached hydrogens (tertiary/aromatic N) is 1. The lowest BCUT2D eigenvalue weighted by atomic mass is 10.1. The Labute approximate surface area is 144 Å². The Morgan fingerprint density at radius 2 is 1.71 bits per heavy atom. The maximum atomic E-state index is 12.6. The fourth-order valence-corrected chi connectivity index (χ4v) is 4.06. The Bertz CT molecular complexity index is 768. The highest BCUT2D eigenvalue weighted by Crippen LogP contribution is 2.19. The Kier molecular flexibility index (Phi) is 5.74. The van der Waals surface area contributed by atoms with Crippen molar-refractivity contribution in [3.63, 3.8) is 0 Å². The summed E-state index contributed by atoms with van der Waals surface area (Å²) in [5, 5.41) is 3.37. The van der Waals surface area contributed by atoms with Crippen LogP contribution in [0.3, 0.4) is 0 Å². The number of nitrogens with one attached hydrogen (secondary N) is 2. The second kappa shape index (κ2) is 7.42. The zero-order chi connectivity index (χ0) is 17.8. The van der Waals surface area contributed by atoms with E-state index in [2.05, 4.69) is 15.0 Å². The van der Waals surface area contributed by atoms with Crippen LogP contribution in [-0.2, 0) is 16.6 Å². The van der Waals surface area contributed by atoms with Gasteiger partial charge in [-0.2, -0.15) is 0 Å². The smallest absolute Gasteiger partial charge is 0.241 e. The molecular weight excluding hydrogens is 322 g/mol. The number of benzene rings is 1. The van der Waals surface area contributed by atoms with Gasteiger partial charge in [0.1, 0.15) is 0 Å². The van der Waals surface area contributed by atoms with Crippen molar-refractivity contribution in [1.82, 2.24) is 15.0 Å². The van der Waals surface area contributed by atoms with Gasteiger partial charge in [-0.1, -0.05) is 18.2 Å². The van der Waals surface area contributed by atoms with E-state index in [-0.39, 0.29) is 6.04 Å². The Morgan fingerprint density at radius 1 is 1.08 bits per heavy atom.